The van der Waals surface area contributed by atoms with Crippen LogP contribution in [0.4, 0.5) is 4.39 Å². The Morgan fingerprint density at radius 3 is 2.90 bits per heavy atom. The first kappa shape index (κ1) is 15.0. The minimum atomic E-state index is -0.762. The Hall–Kier alpha value is -1.42. The van der Waals surface area contributed by atoms with Gasteiger partial charge in [0.25, 0.3) is 0 Å². The largest absolute Gasteiger partial charge is 0.480 e. The van der Waals surface area contributed by atoms with Crippen molar-refractivity contribution < 1.29 is 14.3 Å². The second-order valence-electron chi connectivity index (χ2n) is 5.42. The van der Waals surface area contributed by atoms with E-state index in [1.54, 1.807) is 6.07 Å². The number of aliphatic carboxylic acids is 1. The summed E-state index contributed by atoms with van der Waals surface area (Å²) in [5.41, 5.74) is 0.876. The highest BCUT2D eigenvalue weighted by molar-refractivity contribution is 5.73. The first-order valence-electron chi connectivity index (χ1n) is 7.37. The van der Waals surface area contributed by atoms with Crippen LogP contribution in [0.2, 0.25) is 0 Å². The molecule has 0 aliphatic carbocycles. The third kappa shape index (κ3) is 3.37. The maximum atomic E-state index is 13.4. The van der Waals surface area contributed by atoms with E-state index in [-0.39, 0.29) is 11.9 Å². The third-order valence-corrected chi connectivity index (χ3v) is 4.10. The van der Waals surface area contributed by atoms with Crippen LogP contribution in [-0.2, 0) is 4.79 Å². The van der Waals surface area contributed by atoms with Crippen molar-refractivity contribution in [2.75, 3.05) is 6.54 Å². The Morgan fingerprint density at radius 1 is 1.45 bits per heavy atom. The number of benzene rings is 1. The van der Waals surface area contributed by atoms with Gasteiger partial charge in [0.1, 0.15) is 11.9 Å². The molecular weight excluding hydrogens is 257 g/mol. The van der Waals surface area contributed by atoms with E-state index >= 15 is 0 Å². The van der Waals surface area contributed by atoms with E-state index in [4.69, 9.17) is 0 Å². The van der Waals surface area contributed by atoms with Gasteiger partial charge in [-0.05, 0) is 43.5 Å². The zero-order valence-electron chi connectivity index (χ0n) is 11.9. The predicted molar refractivity (Wildman–Crippen MR) is 76.0 cm³/mol. The molecule has 1 fully saturated rings. The van der Waals surface area contributed by atoms with Gasteiger partial charge in [0.05, 0.1) is 0 Å². The van der Waals surface area contributed by atoms with Crippen LogP contribution in [0.5, 0.6) is 0 Å². The maximum Gasteiger partial charge on any atom is 0.320 e. The lowest BCUT2D eigenvalue weighted by molar-refractivity contribution is -0.144. The van der Waals surface area contributed by atoms with E-state index in [0.717, 1.165) is 37.8 Å². The summed E-state index contributed by atoms with van der Waals surface area (Å²) < 4.78 is 13.4. The van der Waals surface area contributed by atoms with Crippen LogP contribution in [0.15, 0.2) is 24.3 Å². The molecule has 0 radical (unpaired) electrons. The van der Waals surface area contributed by atoms with Crippen molar-refractivity contribution >= 4 is 5.97 Å². The summed E-state index contributed by atoms with van der Waals surface area (Å²) in [6, 6.07) is 6.06. The number of carboxylic acid groups (broad SMARTS) is 1. The molecule has 0 spiro atoms. The van der Waals surface area contributed by atoms with Crippen LogP contribution in [0.25, 0.3) is 0 Å². The summed E-state index contributed by atoms with van der Waals surface area (Å²) in [6.45, 7) is 2.80. The van der Waals surface area contributed by atoms with Crippen molar-refractivity contribution in [1.82, 2.24) is 4.90 Å². The lowest BCUT2D eigenvalue weighted by Gasteiger charge is -2.34. The fourth-order valence-corrected chi connectivity index (χ4v) is 3.14. The summed E-state index contributed by atoms with van der Waals surface area (Å²) in [4.78, 5) is 13.6. The van der Waals surface area contributed by atoms with Crippen LogP contribution in [0.1, 0.15) is 50.6 Å². The first-order valence-corrected chi connectivity index (χ1v) is 7.37. The fourth-order valence-electron chi connectivity index (χ4n) is 3.14. The van der Waals surface area contributed by atoms with Gasteiger partial charge >= 0.3 is 5.97 Å². The van der Waals surface area contributed by atoms with Crippen LogP contribution in [0.3, 0.4) is 0 Å². The minimum absolute atomic E-state index is 0.0232. The van der Waals surface area contributed by atoms with Crippen LogP contribution >= 0.6 is 0 Å². The molecule has 2 unspecified atom stereocenters. The van der Waals surface area contributed by atoms with Gasteiger partial charge in [-0.3, -0.25) is 9.69 Å². The molecule has 2 atom stereocenters. The van der Waals surface area contributed by atoms with E-state index in [1.165, 1.54) is 12.1 Å². The van der Waals surface area contributed by atoms with Crippen molar-refractivity contribution in [2.24, 2.45) is 0 Å². The smallest absolute Gasteiger partial charge is 0.320 e. The Bertz CT molecular complexity index is 464. The van der Waals surface area contributed by atoms with Gasteiger partial charge in [-0.2, -0.15) is 0 Å². The highest BCUT2D eigenvalue weighted by Gasteiger charge is 2.32. The lowest BCUT2D eigenvalue weighted by atomic mass is 9.99. The molecule has 110 valence electrons. The molecule has 0 amide bonds. The first-order chi connectivity index (χ1) is 9.63. The van der Waals surface area contributed by atoms with Crippen molar-refractivity contribution in [1.29, 1.82) is 0 Å². The molecule has 20 heavy (non-hydrogen) atoms. The molecule has 0 saturated carbocycles. The highest BCUT2D eigenvalue weighted by Crippen LogP contribution is 2.30. The second-order valence-corrected chi connectivity index (χ2v) is 5.42. The number of halogens is 1. The van der Waals surface area contributed by atoms with E-state index in [2.05, 4.69) is 0 Å². The van der Waals surface area contributed by atoms with Gasteiger partial charge in [0.2, 0.25) is 0 Å². The van der Waals surface area contributed by atoms with Crippen LogP contribution < -0.4 is 0 Å². The van der Waals surface area contributed by atoms with Gasteiger partial charge in [-0.1, -0.05) is 31.9 Å². The number of rotatable bonds is 4. The van der Waals surface area contributed by atoms with Gasteiger partial charge in [-0.25, -0.2) is 4.39 Å². The fraction of sp³-hybridized carbons (Fsp3) is 0.562. The molecule has 1 aromatic rings. The highest BCUT2D eigenvalue weighted by atomic mass is 19.1. The van der Waals surface area contributed by atoms with Crippen LogP contribution in [-0.4, -0.2) is 28.6 Å². The number of carbonyl (C=O) groups is 1. The molecule has 1 N–H and O–H groups in total. The summed E-state index contributed by atoms with van der Waals surface area (Å²) in [5.74, 6) is -1.02. The van der Waals surface area contributed by atoms with E-state index in [1.807, 2.05) is 17.9 Å². The zero-order chi connectivity index (χ0) is 14.5. The summed E-state index contributed by atoms with van der Waals surface area (Å²) >= 11 is 0. The predicted octanol–water partition coefficient (Wildman–Crippen LogP) is 3.61. The van der Waals surface area contributed by atoms with Crippen LogP contribution in [0, 0.1) is 5.82 Å². The molecule has 1 aromatic carbocycles. The summed E-state index contributed by atoms with van der Waals surface area (Å²) in [6.07, 6.45) is 4.50. The molecule has 0 bridgehead atoms. The normalized spacial score (nSPS) is 22.2. The Labute approximate surface area is 119 Å². The number of likely N-dealkylation sites (tertiary alicyclic amines) is 1. The quantitative estimate of drug-likeness (QED) is 0.915. The molecule has 3 nitrogen and oxygen atoms in total. The molecular formula is C16H22FNO2. The second kappa shape index (κ2) is 6.84. The lowest BCUT2D eigenvalue weighted by Crippen LogP contribution is -2.43. The summed E-state index contributed by atoms with van der Waals surface area (Å²) in [7, 11) is 0. The van der Waals surface area contributed by atoms with Gasteiger partial charge in [0, 0.05) is 6.04 Å². The van der Waals surface area contributed by atoms with E-state index < -0.39 is 12.0 Å². The maximum absolute atomic E-state index is 13.4. The molecule has 1 aliphatic heterocycles. The van der Waals surface area contributed by atoms with Crippen molar-refractivity contribution in [3.05, 3.63) is 35.6 Å². The molecule has 1 heterocycles. The van der Waals surface area contributed by atoms with E-state index in [9.17, 15) is 14.3 Å². The van der Waals surface area contributed by atoms with Gasteiger partial charge in [0.15, 0.2) is 0 Å². The molecule has 4 heteroatoms. The Morgan fingerprint density at radius 2 is 2.25 bits per heavy atom. The summed E-state index contributed by atoms with van der Waals surface area (Å²) in [5, 5.41) is 9.46. The SMILES string of the molecule is CCC(c1cccc(F)c1)N1CCCCCC1C(=O)O. The number of hydrogen-bond donors (Lipinski definition) is 1. The number of hydrogen-bond acceptors (Lipinski definition) is 2. The number of carboxylic acids is 1. The average molecular weight is 279 g/mol. The standard InChI is InChI=1S/C16H22FNO2/c1-2-14(12-7-6-8-13(17)11-12)18-10-5-3-4-9-15(18)16(19)20/h6-8,11,14-15H,2-5,9-10H2,1H3,(H,19,20). The van der Waals surface area contributed by atoms with Crippen molar-refractivity contribution in [3.63, 3.8) is 0 Å². The Balaban J connectivity index is 2.29. The molecule has 1 aliphatic rings. The number of nitrogens with zero attached hydrogens (tertiary/aromatic N) is 1. The van der Waals surface area contributed by atoms with Crippen molar-refractivity contribution in [2.45, 2.75) is 51.1 Å². The Kier molecular flexibility index (Phi) is 5.12. The van der Waals surface area contributed by atoms with E-state index in [0.29, 0.717) is 6.42 Å². The monoisotopic (exact) mass is 279 g/mol. The average Bonchev–Trinajstić information content (AvgIpc) is 2.66. The van der Waals surface area contributed by atoms with Crippen molar-refractivity contribution in [3.8, 4) is 0 Å². The zero-order valence-corrected chi connectivity index (χ0v) is 11.9. The molecule has 2 rings (SSSR count). The topological polar surface area (TPSA) is 40.5 Å². The van der Waals surface area contributed by atoms with Gasteiger partial charge < -0.3 is 5.11 Å². The minimum Gasteiger partial charge on any atom is -0.480 e. The third-order valence-electron chi connectivity index (χ3n) is 4.10. The molecule has 1 saturated heterocycles. The molecule has 0 aromatic heterocycles. The van der Waals surface area contributed by atoms with Gasteiger partial charge in [-0.15, -0.1) is 0 Å².